The fraction of sp³-hybridized carbons (Fsp3) is 0.357. The summed E-state index contributed by atoms with van der Waals surface area (Å²) in [6, 6.07) is 9.18. The van der Waals surface area contributed by atoms with Gasteiger partial charge in [-0.3, -0.25) is 0 Å². The van der Waals surface area contributed by atoms with Crippen molar-refractivity contribution in [1.82, 2.24) is 15.0 Å². The number of aliphatic hydroxyl groups excluding tert-OH is 1. The van der Waals surface area contributed by atoms with Crippen molar-refractivity contribution in [1.29, 1.82) is 0 Å². The molecule has 0 spiro atoms. The van der Waals surface area contributed by atoms with E-state index in [-0.39, 0.29) is 18.2 Å². The highest BCUT2D eigenvalue weighted by atomic mass is 16.4. The number of aliphatic hydroxyl groups is 1. The summed E-state index contributed by atoms with van der Waals surface area (Å²) in [7, 11) is 0. The summed E-state index contributed by atoms with van der Waals surface area (Å²) in [5.41, 5.74) is 1.22. The van der Waals surface area contributed by atoms with Gasteiger partial charge in [0.1, 0.15) is 0 Å². The third-order valence-corrected chi connectivity index (χ3v) is 3.05. The molecule has 6 heteroatoms. The summed E-state index contributed by atoms with van der Waals surface area (Å²) in [4.78, 5) is 11.1. The van der Waals surface area contributed by atoms with Crippen molar-refractivity contribution in [3.8, 4) is 0 Å². The second kappa shape index (κ2) is 5.83. The molecule has 0 aliphatic heterocycles. The van der Waals surface area contributed by atoms with Gasteiger partial charge in [0.05, 0.1) is 18.3 Å². The van der Waals surface area contributed by atoms with Crippen LogP contribution in [0.15, 0.2) is 30.3 Å². The van der Waals surface area contributed by atoms with Gasteiger partial charge in [-0.05, 0) is 11.5 Å². The van der Waals surface area contributed by atoms with Crippen LogP contribution in [-0.2, 0) is 6.54 Å². The largest absolute Gasteiger partial charge is 0.476 e. The standard InChI is InChI=1S/C14H17N3O3/c1-9(2)13-12(14(19)20)15-16-17(13)8-11(18)10-6-4-3-5-7-10/h3-7,9,11,18H,8H2,1-2H3,(H,19,20). The van der Waals surface area contributed by atoms with Crippen LogP contribution < -0.4 is 0 Å². The molecule has 0 fully saturated rings. The summed E-state index contributed by atoms with van der Waals surface area (Å²) in [5, 5.41) is 26.8. The molecule has 1 unspecified atom stereocenters. The van der Waals surface area contributed by atoms with Crippen molar-refractivity contribution < 1.29 is 15.0 Å². The van der Waals surface area contributed by atoms with Crippen LogP contribution in [0.3, 0.4) is 0 Å². The maximum Gasteiger partial charge on any atom is 0.358 e. The fourth-order valence-corrected chi connectivity index (χ4v) is 2.12. The predicted octanol–water partition coefficient (Wildman–Crippen LogP) is 1.83. The van der Waals surface area contributed by atoms with E-state index in [1.807, 2.05) is 44.2 Å². The highest BCUT2D eigenvalue weighted by molar-refractivity contribution is 5.86. The number of rotatable bonds is 5. The van der Waals surface area contributed by atoms with Crippen molar-refractivity contribution >= 4 is 5.97 Å². The number of carboxylic acids is 1. The van der Waals surface area contributed by atoms with Crippen LogP contribution in [0.2, 0.25) is 0 Å². The van der Waals surface area contributed by atoms with Gasteiger partial charge in [0.15, 0.2) is 5.69 Å². The number of carbonyl (C=O) groups is 1. The first-order valence-corrected chi connectivity index (χ1v) is 6.40. The molecule has 0 bridgehead atoms. The normalized spacial score (nSPS) is 12.6. The van der Waals surface area contributed by atoms with Gasteiger partial charge in [0, 0.05) is 0 Å². The van der Waals surface area contributed by atoms with Gasteiger partial charge >= 0.3 is 5.97 Å². The Bertz CT molecular complexity index is 593. The summed E-state index contributed by atoms with van der Waals surface area (Å²) in [6.07, 6.45) is -0.753. The maximum atomic E-state index is 11.1. The van der Waals surface area contributed by atoms with Gasteiger partial charge in [0.25, 0.3) is 0 Å². The molecule has 2 aromatic rings. The summed E-state index contributed by atoms with van der Waals surface area (Å²) < 4.78 is 1.46. The van der Waals surface area contributed by atoms with Crippen LogP contribution in [0.1, 0.15) is 47.6 Å². The van der Waals surface area contributed by atoms with Crippen LogP contribution in [0.5, 0.6) is 0 Å². The Labute approximate surface area is 116 Å². The molecule has 0 amide bonds. The molecule has 2 rings (SSSR count). The quantitative estimate of drug-likeness (QED) is 0.869. The van der Waals surface area contributed by atoms with Crippen LogP contribution >= 0.6 is 0 Å². The van der Waals surface area contributed by atoms with Crippen molar-refractivity contribution in [2.45, 2.75) is 32.4 Å². The van der Waals surface area contributed by atoms with Gasteiger partial charge in [-0.25, -0.2) is 9.48 Å². The molecule has 1 aromatic carbocycles. The molecule has 6 nitrogen and oxygen atoms in total. The Morgan fingerprint density at radius 3 is 2.50 bits per heavy atom. The molecular weight excluding hydrogens is 258 g/mol. The SMILES string of the molecule is CC(C)c1c(C(=O)O)nnn1CC(O)c1ccccc1. The molecule has 20 heavy (non-hydrogen) atoms. The summed E-state index contributed by atoms with van der Waals surface area (Å²) in [6.45, 7) is 3.92. The number of hydrogen-bond donors (Lipinski definition) is 2. The first-order valence-electron chi connectivity index (χ1n) is 6.40. The first kappa shape index (κ1) is 14.2. The van der Waals surface area contributed by atoms with E-state index < -0.39 is 12.1 Å². The van der Waals surface area contributed by atoms with E-state index >= 15 is 0 Å². The number of nitrogens with zero attached hydrogens (tertiary/aromatic N) is 3. The number of aromatic carboxylic acids is 1. The van der Waals surface area contributed by atoms with E-state index in [4.69, 9.17) is 5.11 Å². The second-order valence-electron chi connectivity index (χ2n) is 4.89. The van der Waals surface area contributed by atoms with Gasteiger partial charge < -0.3 is 10.2 Å². The number of carboxylic acid groups (broad SMARTS) is 1. The summed E-state index contributed by atoms with van der Waals surface area (Å²) in [5.74, 6) is -1.15. The van der Waals surface area contributed by atoms with E-state index in [2.05, 4.69) is 10.3 Å². The van der Waals surface area contributed by atoms with E-state index in [1.165, 1.54) is 4.68 Å². The van der Waals surface area contributed by atoms with Crippen LogP contribution in [0.4, 0.5) is 0 Å². The zero-order valence-corrected chi connectivity index (χ0v) is 11.4. The number of hydrogen-bond acceptors (Lipinski definition) is 4. The Morgan fingerprint density at radius 1 is 1.30 bits per heavy atom. The first-order chi connectivity index (χ1) is 9.50. The maximum absolute atomic E-state index is 11.1. The van der Waals surface area contributed by atoms with E-state index in [9.17, 15) is 9.90 Å². The second-order valence-corrected chi connectivity index (χ2v) is 4.89. The molecule has 1 atom stereocenters. The fourth-order valence-electron chi connectivity index (χ4n) is 2.12. The minimum atomic E-state index is -1.10. The third-order valence-electron chi connectivity index (χ3n) is 3.05. The van der Waals surface area contributed by atoms with Crippen molar-refractivity contribution in [2.75, 3.05) is 0 Å². The van der Waals surface area contributed by atoms with Gasteiger partial charge in [-0.15, -0.1) is 5.10 Å². The predicted molar refractivity (Wildman–Crippen MR) is 72.5 cm³/mol. The lowest BCUT2D eigenvalue weighted by Crippen LogP contribution is -2.15. The zero-order chi connectivity index (χ0) is 14.7. The van der Waals surface area contributed by atoms with E-state index in [0.29, 0.717) is 5.69 Å². The molecule has 0 aliphatic carbocycles. The smallest absolute Gasteiger partial charge is 0.358 e. The topological polar surface area (TPSA) is 88.2 Å². The lowest BCUT2D eigenvalue weighted by atomic mass is 10.1. The average molecular weight is 275 g/mol. The highest BCUT2D eigenvalue weighted by Crippen LogP contribution is 2.21. The van der Waals surface area contributed by atoms with Crippen LogP contribution in [-0.4, -0.2) is 31.2 Å². The van der Waals surface area contributed by atoms with E-state index in [1.54, 1.807) is 0 Å². The van der Waals surface area contributed by atoms with E-state index in [0.717, 1.165) is 5.56 Å². The third kappa shape index (κ3) is 2.85. The van der Waals surface area contributed by atoms with Crippen LogP contribution in [0.25, 0.3) is 0 Å². The van der Waals surface area contributed by atoms with Crippen molar-refractivity contribution in [2.24, 2.45) is 0 Å². The van der Waals surface area contributed by atoms with Crippen molar-refractivity contribution in [3.05, 3.63) is 47.3 Å². The molecule has 0 aliphatic rings. The molecule has 1 heterocycles. The van der Waals surface area contributed by atoms with Crippen LogP contribution in [0, 0.1) is 0 Å². The lowest BCUT2D eigenvalue weighted by molar-refractivity contribution is 0.0688. The molecule has 106 valence electrons. The lowest BCUT2D eigenvalue weighted by Gasteiger charge is -2.14. The molecule has 0 radical (unpaired) electrons. The average Bonchev–Trinajstić information content (AvgIpc) is 2.83. The Balaban J connectivity index is 2.28. The Hall–Kier alpha value is -2.21. The molecule has 0 saturated carbocycles. The van der Waals surface area contributed by atoms with Crippen molar-refractivity contribution in [3.63, 3.8) is 0 Å². The Kier molecular flexibility index (Phi) is 4.14. The highest BCUT2D eigenvalue weighted by Gasteiger charge is 2.22. The molecule has 1 aromatic heterocycles. The van der Waals surface area contributed by atoms with Gasteiger partial charge in [0.2, 0.25) is 0 Å². The zero-order valence-electron chi connectivity index (χ0n) is 11.4. The minimum absolute atomic E-state index is 0.0425. The molecule has 0 saturated heterocycles. The molecule has 2 N–H and O–H groups in total. The summed E-state index contributed by atoms with van der Waals surface area (Å²) >= 11 is 0. The minimum Gasteiger partial charge on any atom is -0.476 e. The number of benzene rings is 1. The van der Waals surface area contributed by atoms with Gasteiger partial charge in [-0.1, -0.05) is 49.4 Å². The monoisotopic (exact) mass is 275 g/mol. The van der Waals surface area contributed by atoms with Gasteiger partial charge in [-0.2, -0.15) is 0 Å². The molecular formula is C14H17N3O3. The number of aromatic nitrogens is 3. The Morgan fingerprint density at radius 2 is 1.95 bits per heavy atom.